The van der Waals surface area contributed by atoms with Crippen molar-refractivity contribution in [2.45, 2.75) is 31.6 Å². The van der Waals surface area contributed by atoms with E-state index in [-0.39, 0.29) is 17.8 Å². The summed E-state index contributed by atoms with van der Waals surface area (Å²) in [6.45, 7) is 0.613. The van der Waals surface area contributed by atoms with Crippen molar-refractivity contribution in [2.75, 3.05) is 13.7 Å². The lowest BCUT2D eigenvalue weighted by Crippen LogP contribution is -2.41. The molecule has 21 heavy (non-hydrogen) atoms. The number of fused-ring (bicyclic) bond motifs is 2. The molecule has 0 bridgehead atoms. The standard InChI is InChI=1S/C14H15F3O4/c1-18-12-9-3-2-6-19-13(9)20-11-5-4-8(7-10(11)12)21-14(15,16)17/h4-5,7,9,12-13H,2-3,6H2,1H3/t9-,12+,13+/m0/s1. The highest BCUT2D eigenvalue weighted by Gasteiger charge is 2.41. The molecule has 1 aromatic rings. The van der Waals surface area contributed by atoms with Crippen LogP contribution in [0.3, 0.4) is 0 Å². The number of benzene rings is 1. The maximum Gasteiger partial charge on any atom is 0.573 e. The molecule has 1 aromatic carbocycles. The Kier molecular flexibility index (Phi) is 3.71. The summed E-state index contributed by atoms with van der Waals surface area (Å²) in [6.07, 6.45) is -3.78. The third-order valence-corrected chi connectivity index (χ3v) is 3.72. The molecule has 3 atom stereocenters. The van der Waals surface area contributed by atoms with E-state index in [2.05, 4.69) is 4.74 Å². The van der Waals surface area contributed by atoms with E-state index >= 15 is 0 Å². The van der Waals surface area contributed by atoms with Gasteiger partial charge in [0.05, 0.1) is 18.6 Å². The second-order valence-corrected chi connectivity index (χ2v) is 5.07. The minimum atomic E-state index is -4.72. The van der Waals surface area contributed by atoms with E-state index in [0.29, 0.717) is 17.9 Å². The minimum absolute atomic E-state index is 0.0302. The fourth-order valence-corrected chi connectivity index (χ4v) is 2.90. The van der Waals surface area contributed by atoms with Gasteiger partial charge >= 0.3 is 6.36 Å². The first kappa shape index (κ1) is 14.5. The first-order valence-electron chi connectivity index (χ1n) is 6.68. The van der Waals surface area contributed by atoms with E-state index in [1.54, 1.807) is 0 Å². The molecule has 7 heteroatoms. The van der Waals surface area contributed by atoms with Crippen molar-refractivity contribution in [3.63, 3.8) is 0 Å². The Morgan fingerprint density at radius 1 is 1.29 bits per heavy atom. The molecule has 0 saturated carbocycles. The van der Waals surface area contributed by atoms with Crippen LogP contribution in [0.1, 0.15) is 24.5 Å². The second kappa shape index (κ2) is 5.38. The lowest BCUT2D eigenvalue weighted by Gasteiger charge is -2.41. The van der Waals surface area contributed by atoms with Crippen molar-refractivity contribution in [1.82, 2.24) is 0 Å². The third-order valence-electron chi connectivity index (χ3n) is 3.72. The lowest BCUT2D eigenvalue weighted by atomic mass is 9.87. The zero-order valence-electron chi connectivity index (χ0n) is 11.4. The molecule has 4 nitrogen and oxygen atoms in total. The molecule has 0 spiro atoms. The largest absolute Gasteiger partial charge is 0.573 e. The van der Waals surface area contributed by atoms with Crippen molar-refractivity contribution in [2.24, 2.45) is 5.92 Å². The second-order valence-electron chi connectivity index (χ2n) is 5.07. The molecule has 116 valence electrons. The Labute approximate surface area is 119 Å². The molecule has 1 saturated heterocycles. The molecule has 2 heterocycles. The third kappa shape index (κ3) is 2.94. The van der Waals surface area contributed by atoms with E-state index in [1.807, 2.05) is 0 Å². The summed E-state index contributed by atoms with van der Waals surface area (Å²) in [7, 11) is 1.53. The average Bonchev–Trinajstić information content (AvgIpc) is 2.43. The van der Waals surface area contributed by atoms with Gasteiger partial charge in [0.1, 0.15) is 11.5 Å². The minimum Gasteiger partial charge on any atom is -0.464 e. The molecule has 0 aliphatic carbocycles. The quantitative estimate of drug-likeness (QED) is 0.839. The van der Waals surface area contributed by atoms with Gasteiger partial charge in [-0.05, 0) is 31.0 Å². The number of rotatable bonds is 2. The molecule has 0 unspecified atom stereocenters. The van der Waals surface area contributed by atoms with Gasteiger partial charge in [-0.3, -0.25) is 0 Å². The van der Waals surface area contributed by atoms with Crippen LogP contribution in [0, 0.1) is 5.92 Å². The van der Waals surface area contributed by atoms with Gasteiger partial charge in [0.25, 0.3) is 0 Å². The summed E-state index contributed by atoms with van der Waals surface area (Å²) < 4.78 is 57.7. The van der Waals surface area contributed by atoms with Crippen molar-refractivity contribution in [1.29, 1.82) is 0 Å². The van der Waals surface area contributed by atoms with Crippen LogP contribution in [0.2, 0.25) is 0 Å². The highest BCUT2D eigenvalue weighted by Crippen LogP contribution is 2.45. The van der Waals surface area contributed by atoms with Crippen LogP contribution >= 0.6 is 0 Å². The van der Waals surface area contributed by atoms with Crippen LogP contribution in [0.25, 0.3) is 0 Å². The molecule has 3 rings (SSSR count). The molecule has 2 aliphatic rings. The fourth-order valence-electron chi connectivity index (χ4n) is 2.90. The van der Waals surface area contributed by atoms with Crippen LogP contribution in [0.5, 0.6) is 11.5 Å². The van der Waals surface area contributed by atoms with E-state index in [4.69, 9.17) is 14.2 Å². The maximum absolute atomic E-state index is 12.3. The smallest absolute Gasteiger partial charge is 0.464 e. The van der Waals surface area contributed by atoms with Gasteiger partial charge in [-0.25, -0.2) is 0 Å². The number of halogens is 3. The Bertz CT molecular complexity index is 517. The van der Waals surface area contributed by atoms with E-state index in [0.717, 1.165) is 12.8 Å². The summed E-state index contributed by atoms with van der Waals surface area (Å²) in [6, 6.07) is 4.00. The molecule has 0 N–H and O–H groups in total. The predicted octanol–water partition coefficient (Wildman–Crippen LogP) is 3.42. The van der Waals surface area contributed by atoms with Crippen molar-refractivity contribution >= 4 is 0 Å². The van der Waals surface area contributed by atoms with Gasteiger partial charge < -0.3 is 18.9 Å². The number of hydrogen-bond acceptors (Lipinski definition) is 4. The van der Waals surface area contributed by atoms with Crippen molar-refractivity contribution < 1.29 is 32.1 Å². The van der Waals surface area contributed by atoms with Gasteiger partial charge in [-0.1, -0.05) is 0 Å². The number of hydrogen-bond donors (Lipinski definition) is 0. The first-order valence-corrected chi connectivity index (χ1v) is 6.68. The fraction of sp³-hybridized carbons (Fsp3) is 0.571. The predicted molar refractivity (Wildman–Crippen MR) is 66.0 cm³/mol. The molecule has 0 amide bonds. The van der Waals surface area contributed by atoms with E-state index in [1.165, 1.54) is 25.3 Å². The van der Waals surface area contributed by atoms with Crippen LogP contribution in [0.4, 0.5) is 13.2 Å². The summed E-state index contributed by atoms with van der Waals surface area (Å²) in [5.74, 6) is 0.166. The van der Waals surface area contributed by atoms with Crippen molar-refractivity contribution in [3.05, 3.63) is 23.8 Å². The van der Waals surface area contributed by atoms with E-state index in [9.17, 15) is 13.2 Å². The zero-order chi connectivity index (χ0) is 15.0. The first-order chi connectivity index (χ1) is 9.98. The van der Waals surface area contributed by atoms with Crippen LogP contribution in [-0.4, -0.2) is 26.4 Å². The Hall–Kier alpha value is -1.47. The van der Waals surface area contributed by atoms with Crippen LogP contribution in [0.15, 0.2) is 18.2 Å². The highest BCUT2D eigenvalue weighted by atomic mass is 19.4. The SMILES string of the molecule is CO[C@H]1c2cc(OC(F)(F)F)ccc2O[C@H]2OCCC[C@H]21. The van der Waals surface area contributed by atoms with Gasteiger partial charge in [0.2, 0.25) is 6.29 Å². The molecule has 2 aliphatic heterocycles. The maximum atomic E-state index is 12.3. The lowest BCUT2D eigenvalue weighted by molar-refractivity contribution is -0.274. The monoisotopic (exact) mass is 304 g/mol. The van der Waals surface area contributed by atoms with Crippen LogP contribution in [-0.2, 0) is 9.47 Å². The van der Waals surface area contributed by atoms with E-state index < -0.39 is 12.7 Å². The number of methoxy groups -OCH3 is 1. The van der Waals surface area contributed by atoms with Gasteiger partial charge in [0.15, 0.2) is 0 Å². The van der Waals surface area contributed by atoms with Gasteiger partial charge in [-0.15, -0.1) is 13.2 Å². The topological polar surface area (TPSA) is 36.9 Å². The summed E-state index contributed by atoms with van der Waals surface area (Å²) >= 11 is 0. The molecule has 0 aromatic heterocycles. The summed E-state index contributed by atoms with van der Waals surface area (Å²) in [5, 5.41) is 0. The van der Waals surface area contributed by atoms with Crippen molar-refractivity contribution in [3.8, 4) is 11.5 Å². The van der Waals surface area contributed by atoms with Gasteiger partial charge in [-0.2, -0.15) is 0 Å². The molecule has 1 fully saturated rings. The Morgan fingerprint density at radius 3 is 2.81 bits per heavy atom. The molecular formula is C14H15F3O4. The normalized spacial score (nSPS) is 28.3. The molecular weight excluding hydrogens is 289 g/mol. The van der Waals surface area contributed by atoms with Gasteiger partial charge in [0, 0.05) is 12.7 Å². The highest BCUT2D eigenvalue weighted by molar-refractivity contribution is 5.43. The average molecular weight is 304 g/mol. The summed E-state index contributed by atoms with van der Waals surface area (Å²) in [4.78, 5) is 0. The number of alkyl halides is 3. The summed E-state index contributed by atoms with van der Waals surface area (Å²) in [5.41, 5.74) is 0.561. The molecule has 0 radical (unpaired) electrons. The Morgan fingerprint density at radius 2 is 2.10 bits per heavy atom. The number of ether oxygens (including phenoxy) is 4. The van der Waals surface area contributed by atoms with Crippen LogP contribution < -0.4 is 9.47 Å². The Balaban J connectivity index is 1.92. The zero-order valence-corrected chi connectivity index (χ0v) is 11.4.